The van der Waals surface area contributed by atoms with Crippen molar-refractivity contribution in [3.63, 3.8) is 0 Å². The smallest absolute Gasteiger partial charge is 0.254 e. The van der Waals surface area contributed by atoms with Gasteiger partial charge in [-0.25, -0.2) is 9.97 Å². The fourth-order valence-electron chi connectivity index (χ4n) is 3.01. The van der Waals surface area contributed by atoms with Crippen molar-refractivity contribution in [1.29, 1.82) is 0 Å². The van der Waals surface area contributed by atoms with Crippen molar-refractivity contribution in [3.8, 4) is 17.1 Å². The summed E-state index contributed by atoms with van der Waals surface area (Å²) in [6, 6.07) is 11.9. The molecule has 0 saturated carbocycles. The van der Waals surface area contributed by atoms with Crippen molar-refractivity contribution in [2.45, 2.75) is 26.4 Å². The Morgan fingerprint density at radius 2 is 2.08 bits per heavy atom. The zero-order chi connectivity index (χ0) is 18.1. The van der Waals surface area contributed by atoms with Crippen molar-refractivity contribution < 1.29 is 4.74 Å². The van der Waals surface area contributed by atoms with Crippen molar-refractivity contribution in [2.75, 3.05) is 11.9 Å². The minimum absolute atomic E-state index is 0.103. The first kappa shape index (κ1) is 16.3. The van der Waals surface area contributed by atoms with Crippen molar-refractivity contribution in [2.24, 2.45) is 0 Å². The molecule has 1 aromatic carbocycles. The van der Waals surface area contributed by atoms with E-state index in [9.17, 15) is 4.79 Å². The third kappa shape index (κ3) is 3.18. The van der Waals surface area contributed by atoms with Crippen LogP contribution in [0.3, 0.4) is 0 Å². The van der Waals surface area contributed by atoms with Crippen LogP contribution in [-0.2, 0) is 6.42 Å². The highest BCUT2D eigenvalue weighted by Crippen LogP contribution is 2.28. The number of H-pyrrole nitrogens is 1. The lowest BCUT2D eigenvalue weighted by Crippen LogP contribution is -2.24. The van der Waals surface area contributed by atoms with Gasteiger partial charge in [0, 0.05) is 29.4 Å². The molecular weight excluding hydrogens is 328 g/mol. The molecule has 0 radical (unpaired) electrons. The van der Waals surface area contributed by atoms with E-state index in [0.29, 0.717) is 17.9 Å². The molecule has 0 unspecified atom stereocenters. The first-order chi connectivity index (χ1) is 12.6. The summed E-state index contributed by atoms with van der Waals surface area (Å²) in [4.78, 5) is 23.5. The molecule has 0 aliphatic carbocycles. The number of hydrogen-bond acceptors (Lipinski definition) is 5. The number of anilines is 1. The van der Waals surface area contributed by atoms with Crippen molar-refractivity contribution in [1.82, 2.24) is 15.0 Å². The van der Waals surface area contributed by atoms with Crippen LogP contribution in [0.25, 0.3) is 11.4 Å². The van der Waals surface area contributed by atoms with E-state index in [1.165, 1.54) is 5.56 Å². The maximum Gasteiger partial charge on any atom is 0.254 e. The zero-order valence-electron chi connectivity index (χ0n) is 14.7. The van der Waals surface area contributed by atoms with Gasteiger partial charge in [0.1, 0.15) is 23.5 Å². The predicted molar refractivity (Wildman–Crippen MR) is 101 cm³/mol. The van der Waals surface area contributed by atoms with E-state index in [4.69, 9.17) is 4.74 Å². The summed E-state index contributed by atoms with van der Waals surface area (Å²) in [5, 5.41) is 3.30. The van der Waals surface area contributed by atoms with Gasteiger partial charge in [-0.3, -0.25) is 4.79 Å². The van der Waals surface area contributed by atoms with Gasteiger partial charge in [0.2, 0.25) is 0 Å². The lowest BCUT2D eigenvalue weighted by Gasteiger charge is -2.12. The topological polar surface area (TPSA) is 79.9 Å². The van der Waals surface area contributed by atoms with Crippen LogP contribution >= 0.6 is 0 Å². The maximum absolute atomic E-state index is 11.9. The number of nitrogens with one attached hydrogen (secondary N) is 2. The monoisotopic (exact) mass is 348 g/mol. The lowest BCUT2D eigenvalue weighted by atomic mass is 10.1. The van der Waals surface area contributed by atoms with E-state index < -0.39 is 0 Å². The Bertz CT molecular complexity index is 970. The van der Waals surface area contributed by atoms with Crippen LogP contribution in [0.5, 0.6) is 5.75 Å². The largest absolute Gasteiger partial charge is 0.488 e. The number of fused-ring (bicyclic) bond motifs is 1. The summed E-state index contributed by atoms with van der Waals surface area (Å²) >= 11 is 0. The molecule has 0 saturated heterocycles. The van der Waals surface area contributed by atoms with Crippen LogP contribution in [0.15, 0.2) is 47.4 Å². The van der Waals surface area contributed by atoms with Gasteiger partial charge >= 0.3 is 0 Å². The summed E-state index contributed by atoms with van der Waals surface area (Å²) < 4.78 is 5.92. The molecule has 2 aromatic heterocycles. The Kier molecular flexibility index (Phi) is 4.16. The molecule has 1 aliphatic rings. The molecule has 6 nitrogen and oxygen atoms in total. The number of aromatic nitrogens is 3. The van der Waals surface area contributed by atoms with Crippen LogP contribution in [0, 0.1) is 13.8 Å². The number of nitrogens with zero attached hydrogens (tertiary/aromatic N) is 2. The highest BCUT2D eigenvalue weighted by atomic mass is 16.5. The van der Waals surface area contributed by atoms with Crippen LogP contribution in [0.1, 0.15) is 16.8 Å². The number of rotatable bonds is 4. The van der Waals surface area contributed by atoms with Gasteiger partial charge in [-0.05, 0) is 37.6 Å². The summed E-state index contributed by atoms with van der Waals surface area (Å²) in [5.74, 6) is 2.26. The number of hydrogen-bond donors (Lipinski definition) is 2. The van der Waals surface area contributed by atoms with Gasteiger partial charge < -0.3 is 15.0 Å². The summed E-state index contributed by atoms with van der Waals surface area (Å²) in [5.41, 5.74) is 3.27. The quantitative estimate of drug-likeness (QED) is 0.758. The Morgan fingerprint density at radius 1 is 1.23 bits per heavy atom. The second-order valence-corrected chi connectivity index (χ2v) is 6.49. The third-order valence-corrected chi connectivity index (χ3v) is 4.66. The zero-order valence-corrected chi connectivity index (χ0v) is 14.7. The van der Waals surface area contributed by atoms with Crippen LogP contribution in [-0.4, -0.2) is 27.6 Å². The average Bonchev–Trinajstić information content (AvgIpc) is 3.07. The lowest BCUT2D eigenvalue weighted by molar-refractivity contribution is 0.246. The second kappa shape index (κ2) is 6.63. The molecular formula is C20H20N4O2. The number of aromatic amines is 1. The molecule has 6 heteroatoms. The highest BCUT2D eigenvalue weighted by molar-refractivity contribution is 5.56. The Labute approximate surface area is 151 Å². The summed E-state index contributed by atoms with van der Waals surface area (Å²) in [6.45, 7) is 4.27. The molecule has 3 heterocycles. The predicted octanol–water partition coefficient (Wildman–Crippen LogP) is 2.86. The minimum Gasteiger partial charge on any atom is -0.488 e. The first-order valence-electron chi connectivity index (χ1n) is 8.62. The molecule has 0 amide bonds. The molecule has 0 fully saturated rings. The van der Waals surface area contributed by atoms with E-state index in [2.05, 4.69) is 26.3 Å². The Morgan fingerprint density at radius 3 is 2.81 bits per heavy atom. The Balaban J connectivity index is 1.42. The number of pyridine rings is 1. The van der Waals surface area contributed by atoms with Gasteiger partial charge in [0.25, 0.3) is 5.56 Å². The SMILES string of the molecule is Cc1nc(-c2ccc(NC[C@@H]3Cc4ccccc4O3)nc2)[nH]c(=O)c1C. The standard InChI is InChI=1S/C20H20N4O2/c1-12-13(2)23-19(24-20(12)25)15-7-8-18(21-10-15)22-11-16-9-14-5-3-4-6-17(14)26-16/h3-8,10,16H,9,11H2,1-2H3,(H,21,22)(H,23,24,25)/t16-/m0/s1. The van der Waals surface area contributed by atoms with E-state index in [1.54, 1.807) is 13.1 Å². The fraction of sp³-hybridized carbons (Fsp3) is 0.250. The molecule has 132 valence electrons. The molecule has 0 bridgehead atoms. The molecule has 26 heavy (non-hydrogen) atoms. The normalized spacial score (nSPS) is 15.4. The van der Waals surface area contributed by atoms with Gasteiger partial charge in [-0.2, -0.15) is 0 Å². The molecule has 1 aliphatic heterocycles. The summed E-state index contributed by atoms with van der Waals surface area (Å²) in [6.07, 6.45) is 2.71. The molecule has 0 spiro atoms. The van der Waals surface area contributed by atoms with Crippen LogP contribution in [0.4, 0.5) is 5.82 Å². The van der Waals surface area contributed by atoms with Crippen molar-refractivity contribution in [3.05, 3.63) is 69.8 Å². The maximum atomic E-state index is 11.9. The van der Waals surface area contributed by atoms with E-state index in [-0.39, 0.29) is 11.7 Å². The Hall–Kier alpha value is -3.15. The average molecular weight is 348 g/mol. The first-order valence-corrected chi connectivity index (χ1v) is 8.62. The van der Waals surface area contributed by atoms with Gasteiger partial charge in [0.05, 0.1) is 6.54 Å². The number of para-hydroxylation sites is 1. The second-order valence-electron chi connectivity index (χ2n) is 6.49. The highest BCUT2D eigenvalue weighted by Gasteiger charge is 2.21. The molecule has 2 N–H and O–H groups in total. The van der Waals surface area contributed by atoms with Crippen LogP contribution in [0.2, 0.25) is 0 Å². The number of benzene rings is 1. The van der Waals surface area contributed by atoms with Crippen LogP contribution < -0.4 is 15.6 Å². The molecule has 1 atom stereocenters. The van der Waals surface area contributed by atoms with Gasteiger partial charge in [-0.15, -0.1) is 0 Å². The summed E-state index contributed by atoms with van der Waals surface area (Å²) in [7, 11) is 0. The minimum atomic E-state index is -0.118. The van der Waals surface area contributed by atoms with Gasteiger partial charge in [-0.1, -0.05) is 18.2 Å². The molecule has 4 rings (SSSR count). The van der Waals surface area contributed by atoms with Gasteiger partial charge in [0.15, 0.2) is 0 Å². The number of aryl methyl sites for hydroxylation is 1. The van der Waals surface area contributed by atoms with E-state index in [0.717, 1.165) is 29.2 Å². The molecule has 3 aromatic rings. The third-order valence-electron chi connectivity index (χ3n) is 4.66. The van der Waals surface area contributed by atoms with Crippen molar-refractivity contribution >= 4 is 5.82 Å². The van der Waals surface area contributed by atoms with E-state index >= 15 is 0 Å². The fourth-order valence-corrected chi connectivity index (χ4v) is 3.01. The number of ether oxygens (including phenoxy) is 1. The van der Waals surface area contributed by atoms with E-state index in [1.807, 2.05) is 37.3 Å².